The largest absolute Gasteiger partial charge is 0.417 e. The van der Waals surface area contributed by atoms with E-state index in [4.69, 9.17) is 0 Å². The van der Waals surface area contributed by atoms with Crippen molar-refractivity contribution in [3.8, 4) is 0 Å². The first kappa shape index (κ1) is 20.2. The standard InChI is InChI=1S/C19H22F3N3O3/c1-13(26)25-8-4-7-16(25)18(28)24-11-9-23(10-12-24)17(27)14-5-2-3-6-15(14)19(20,21)22/h2-3,5-6,16H,4,7-12H2,1H3. The Hall–Kier alpha value is -2.58. The molecule has 152 valence electrons. The molecule has 3 amide bonds. The van der Waals surface area contributed by atoms with Crippen LogP contribution in [-0.4, -0.2) is 71.2 Å². The van der Waals surface area contributed by atoms with E-state index in [0.29, 0.717) is 13.0 Å². The average molecular weight is 397 g/mol. The van der Waals surface area contributed by atoms with Crippen molar-refractivity contribution in [1.29, 1.82) is 0 Å². The van der Waals surface area contributed by atoms with Crippen molar-refractivity contribution in [1.82, 2.24) is 14.7 Å². The van der Waals surface area contributed by atoms with Gasteiger partial charge < -0.3 is 14.7 Å². The van der Waals surface area contributed by atoms with Crippen LogP contribution in [0.4, 0.5) is 13.2 Å². The summed E-state index contributed by atoms with van der Waals surface area (Å²) >= 11 is 0. The molecule has 2 aliphatic heterocycles. The molecule has 0 spiro atoms. The zero-order valence-corrected chi connectivity index (χ0v) is 15.5. The Bertz CT molecular complexity index is 773. The van der Waals surface area contributed by atoms with Gasteiger partial charge in [0, 0.05) is 39.6 Å². The maximum absolute atomic E-state index is 13.2. The second-order valence-corrected chi connectivity index (χ2v) is 7.03. The molecule has 2 saturated heterocycles. The van der Waals surface area contributed by atoms with Crippen LogP contribution in [0.25, 0.3) is 0 Å². The highest BCUT2D eigenvalue weighted by Crippen LogP contribution is 2.32. The van der Waals surface area contributed by atoms with Crippen LogP contribution >= 0.6 is 0 Å². The number of carbonyl (C=O) groups is 3. The van der Waals surface area contributed by atoms with E-state index in [-0.39, 0.29) is 43.6 Å². The third-order valence-corrected chi connectivity index (χ3v) is 5.28. The lowest BCUT2D eigenvalue weighted by molar-refractivity contribution is -0.143. The molecule has 0 radical (unpaired) electrons. The number of rotatable bonds is 2. The maximum atomic E-state index is 13.2. The molecule has 9 heteroatoms. The molecule has 2 fully saturated rings. The van der Waals surface area contributed by atoms with E-state index >= 15 is 0 Å². The van der Waals surface area contributed by atoms with Gasteiger partial charge in [0.15, 0.2) is 0 Å². The lowest BCUT2D eigenvalue weighted by atomic mass is 10.1. The summed E-state index contributed by atoms with van der Waals surface area (Å²) in [6, 6.07) is 4.23. The van der Waals surface area contributed by atoms with E-state index in [1.807, 2.05) is 0 Å². The van der Waals surface area contributed by atoms with Crippen LogP contribution in [0.1, 0.15) is 35.7 Å². The molecule has 2 aliphatic rings. The Labute approximate surface area is 160 Å². The van der Waals surface area contributed by atoms with E-state index in [2.05, 4.69) is 0 Å². The number of hydrogen-bond donors (Lipinski definition) is 0. The molecular weight excluding hydrogens is 375 g/mol. The van der Waals surface area contributed by atoms with Crippen molar-refractivity contribution >= 4 is 17.7 Å². The van der Waals surface area contributed by atoms with Gasteiger partial charge in [-0.05, 0) is 25.0 Å². The second kappa shape index (κ2) is 7.81. The number of likely N-dealkylation sites (tertiary alicyclic amines) is 1. The molecule has 6 nitrogen and oxygen atoms in total. The minimum Gasteiger partial charge on any atom is -0.337 e. The van der Waals surface area contributed by atoms with Crippen molar-refractivity contribution in [3.05, 3.63) is 35.4 Å². The molecule has 0 aliphatic carbocycles. The lowest BCUT2D eigenvalue weighted by Gasteiger charge is -2.37. The molecule has 0 saturated carbocycles. The number of nitrogens with zero attached hydrogens (tertiary/aromatic N) is 3. The summed E-state index contributed by atoms with van der Waals surface area (Å²) in [6.45, 7) is 2.77. The normalized spacial score (nSPS) is 20.4. The topological polar surface area (TPSA) is 60.9 Å². The molecule has 3 rings (SSSR count). The minimum atomic E-state index is -4.61. The summed E-state index contributed by atoms with van der Waals surface area (Å²) in [7, 11) is 0. The fourth-order valence-corrected chi connectivity index (χ4v) is 3.83. The van der Waals surface area contributed by atoms with Crippen molar-refractivity contribution in [2.24, 2.45) is 0 Å². The van der Waals surface area contributed by atoms with Gasteiger partial charge in [0.05, 0.1) is 11.1 Å². The Morgan fingerprint density at radius 3 is 2.18 bits per heavy atom. The second-order valence-electron chi connectivity index (χ2n) is 7.03. The van der Waals surface area contributed by atoms with Gasteiger partial charge in [-0.1, -0.05) is 12.1 Å². The number of carbonyl (C=O) groups excluding carboxylic acids is 3. The van der Waals surface area contributed by atoms with Crippen LogP contribution in [0.2, 0.25) is 0 Å². The molecule has 0 bridgehead atoms. The number of halogens is 3. The van der Waals surface area contributed by atoms with E-state index in [1.165, 1.54) is 30.0 Å². The molecule has 1 aromatic carbocycles. The molecular formula is C19H22F3N3O3. The predicted molar refractivity (Wildman–Crippen MR) is 94.3 cm³/mol. The Morgan fingerprint density at radius 1 is 0.964 bits per heavy atom. The summed E-state index contributed by atoms with van der Waals surface area (Å²) in [5, 5.41) is 0. The SMILES string of the molecule is CC(=O)N1CCCC1C(=O)N1CCN(C(=O)c2ccccc2C(F)(F)F)CC1. The number of benzene rings is 1. The average Bonchev–Trinajstić information content (AvgIpc) is 3.16. The fraction of sp³-hybridized carbons (Fsp3) is 0.526. The summed E-state index contributed by atoms with van der Waals surface area (Å²) in [5.74, 6) is -0.991. The zero-order valence-electron chi connectivity index (χ0n) is 15.5. The van der Waals surface area contributed by atoms with E-state index < -0.39 is 23.7 Å². The van der Waals surface area contributed by atoms with Gasteiger partial charge in [0.2, 0.25) is 11.8 Å². The van der Waals surface area contributed by atoms with Crippen LogP contribution < -0.4 is 0 Å². The Kier molecular flexibility index (Phi) is 5.62. The quantitative estimate of drug-likeness (QED) is 0.767. The van der Waals surface area contributed by atoms with Crippen LogP contribution in [0.5, 0.6) is 0 Å². The van der Waals surface area contributed by atoms with Crippen molar-refractivity contribution in [2.75, 3.05) is 32.7 Å². The summed E-state index contributed by atoms with van der Waals surface area (Å²) in [6.07, 6.45) is -3.23. The smallest absolute Gasteiger partial charge is 0.337 e. The number of alkyl halides is 3. The van der Waals surface area contributed by atoms with Gasteiger partial charge in [0.25, 0.3) is 5.91 Å². The monoisotopic (exact) mass is 397 g/mol. The van der Waals surface area contributed by atoms with Gasteiger partial charge in [0.1, 0.15) is 6.04 Å². The maximum Gasteiger partial charge on any atom is 0.417 e. The Balaban J connectivity index is 1.65. The first-order chi connectivity index (χ1) is 13.2. The molecule has 1 aromatic rings. The highest BCUT2D eigenvalue weighted by Gasteiger charge is 2.38. The summed E-state index contributed by atoms with van der Waals surface area (Å²) in [4.78, 5) is 41.5. The third kappa shape index (κ3) is 3.98. The highest BCUT2D eigenvalue weighted by atomic mass is 19.4. The summed E-state index contributed by atoms with van der Waals surface area (Å²) < 4.78 is 39.5. The molecule has 1 unspecified atom stereocenters. The molecule has 2 heterocycles. The Morgan fingerprint density at radius 2 is 1.57 bits per heavy atom. The highest BCUT2D eigenvalue weighted by molar-refractivity contribution is 5.96. The zero-order chi connectivity index (χ0) is 20.5. The predicted octanol–water partition coefficient (Wildman–Crippen LogP) is 2.00. The first-order valence-corrected chi connectivity index (χ1v) is 9.21. The van der Waals surface area contributed by atoms with Crippen LogP contribution in [0, 0.1) is 0 Å². The van der Waals surface area contributed by atoms with Crippen molar-refractivity contribution in [2.45, 2.75) is 32.0 Å². The number of piperazine rings is 1. The summed E-state index contributed by atoms with van der Waals surface area (Å²) in [5.41, 5.74) is -1.34. The van der Waals surface area contributed by atoms with Crippen LogP contribution in [0.3, 0.4) is 0 Å². The molecule has 0 aromatic heterocycles. The van der Waals surface area contributed by atoms with E-state index in [9.17, 15) is 27.6 Å². The molecule has 0 N–H and O–H groups in total. The molecule has 1 atom stereocenters. The van der Waals surface area contributed by atoms with Crippen LogP contribution in [-0.2, 0) is 15.8 Å². The van der Waals surface area contributed by atoms with Crippen LogP contribution in [0.15, 0.2) is 24.3 Å². The van der Waals surface area contributed by atoms with Gasteiger partial charge >= 0.3 is 6.18 Å². The third-order valence-electron chi connectivity index (χ3n) is 5.28. The van der Waals surface area contributed by atoms with Crippen molar-refractivity contribution < 1.29 is 27.6 Å². The fourth-order valence-electron chi connectivity index (χ4n) is 3.83. The van der Waals surface area contributed by atoms with Crippen molar-refractivity contribution in [3.63, 3.8) is 0 Å². The van der Waals surface area contributed by atoms with Gasteiger partial charge in [-0.2, -0.15) is 13.2 Å². The minimum absolute atomic E-state index is 0.145. The van der Waals surface area contributed by atoms with Gasteiger partial charge in [-0.3, -0.25) is 14.4 Å². The molecule has 28 heavy (non-hydrogen) atoms. The van der Waals surface area contributed by atoms with Gasteiger partial charge in [-0.15, -0.1) is 0 Å². The van der Waals surface area contributed by atoms with E-state index in [0.717, 1.165) is 12.5 Å². The number of hydrogen-bond acceptors (Lipinski definition) is 3. The van der Waals surface area contributed by atoms with Gasteiger partial charge in [-0.25, -0.2) is 0 Å². The lowest BCUT2D eigenvalue weighted by Crippen LogP contribution is -2.55. The first-order valence-electron chi connectivity index (χ1n) is 9.21. The van der Waals surface area contributed by atoms with E-state index in [1.54, 1.807) is 9.80 Å². The number of amides is 3.